The molecule has 0 radical (unpaired) electrons. The number of hydrogen-bond acceptors (Lipinski definition) is 2. The third kappa shape index (κ3) is 4.10. The highest BCUT2D eigenvalue weighted by atomic mass is 35.5. The van der Waals surface area contributed by atoms with Crippen LogP contribution in [0.3, 0.4) is 0 Å². The molecule has 0 aliphatic heterocycles. The number of rotatable bonds is 3. The lowest BCUT2D eigenvalue weighted by molar-refractivity contribution is 1.20. The Morgan fingerprint density at radius 2 is 1.35 bits per heavy atom. The van der Waals surface area contributed by atoms with E-state index in [0.717, 1.165) is 11.3 Å². The largest absolute Gasteiger partial charge is 0.369 e. The highest BCUT2D eigenvalue weighted by molar-refractivity contribution is 5.99. The van der Waals surface area contributed by atoms with Crippen molar-refractivity contribution in [3.8, 4) is 11.1 Å². The first-order valence-corrected chi connectivity index (χ1v) is 5.96. The molecule has 2 rings (SSSR count). The number of nitrogens with two attached hydrogens (primary N) is 2. The maximum atomic E-state index is 5.24. The Hall–Kier alpha value is -2.33. The Kier molecular flexibility index (Phi) is 5.74. The van der Waals surface area contributed by atoms with Crippen LogP contribution in [0.2, 0.25) is 0 Å². The highest BCUT2D eigenvalue weighted by Gasteiger charge is 1.99. The van der Waals surface area contributed by atoms with Crippen LogP contribution in [0.25, 0.3) is 11.1 Å². The van der Waals surface area contributed by atoms with Crippen LogP contribution < -0.4 is 11.5 Å². The summed E-state index contributed by atoms with van der Waals surface area (Å²) in [6.07, 6.45) is 0. The summed E-state index contributed by atoms with van der Waals surface area (Å²) in [4.78, 5) is 0. The summed E-state index contributed by atoms with van der Waals surface area (Å²) in [7, 11) is 0. The first-order chi connectivity index (χ1) is 9.16. The lowest BCUT2D eigenvalue weighted by Crippen LogP contribution is -2.22. The molecule has 0 aromatic heterocycles. The molecular weight excluding hydrogens is 272 g/mol. The zero-order chi connectivity index (χ0) is 13.7. The molecule has 0 spiro atoms. The van der Waals surface area contributed by atoms with E-state index < -0.39 is 0 Å². The summed E-state index contributed by atoms with van der Waals surface area (Å²) in [6.45, 7) is 1.87. The van der Waals surface area contributed by atoms with Gasteiger partial charge in [0.1, 0.15) is 0 Å². The van der Waals surface area contributed by atoms with Crippen molar-refractivity contribution < 1.29 is 0 Å². The second kappa shape index (κ2) is 7.31. The van der Waals surface area contributed by atoms with Crippen molar-refractivity contribution in [2.45, 2.75) is 6.92 Å². The predicted octanol–water partition coefficient (Wildman–Crippen LogP) is 2.77. The number of halogens is 1. The van der Waals surface area contributed by atoms with E-state index in [1.165, 1.54) is 11.1 Å². The minimum atomic E-state index is -0.0414. The van der Waals surface area contributed by atoms with E-state index in [1.807, 2.05) is 37.3 Å². The van der Waals surface area contributed by atoms with E-state index in [9.17, 15) is 0 Å². The van der Waals surface area contributed by atoms with Crippen molar-refractivity contribution in [3.05, 3.63) is 60.2 Å². The van der Waals surface area contributed by atoms with Gasteiger partial charge in [0.15, 0.2) is 0 Å². The van der Waals surface area contributed by atoms with Gasteiger partial charge in [-0.15, -0.1) is 17.5 Å². The maximum absolute atomic E-state index is 5.24. The molecule has 0 saturated carbocycles. The third-order valence-corrected chi connectivity index (χ3v) is 2.73. The zero-order valence-electron chi connectivity index (χ0n) is 11.2. The van der Waals surface area contributed by atoms with E-state index >= 15 is 0 Å². The molecule has 0 atom stereocenters. The average molecular weight is 289 g/mol. The minimum Gasteiger partial charge on any atom is -0.369 e. The van der Waals surface area contributed by atoms with Gasteiger partial charge in [-0.3, -0.25) is 0 Å². The zero-order valence-corrected chi connectivity index (χ0v) is 12.0. The van der Waals surface area contributed by atoms with Gasteiger partial charge in [0.2, 0.25) is 5.96 Å². The molecule has 5 heteroatoms. The third-order valence-electron chi connectivity index (χ3n) is 2.73. The van der Waals surface area contributed by atoms with Crippen LogP contribution in [0.5, 0.6) is 0 Å². The van der Waals surface area contributed by atoms with Gasteiger partial charge in [-0.05, 0) is 23.6 Å². The van der Waals surface area contributed by atoms with Gasteiger partial charge in [-0.25, -0.2) is 0 Å². The molecule has 20 heavy (non-hydrogen) atoms. The topological polar surface area (TPSA) is 76.8 Å². The van der Waals surface area contributed by atoms with Gasteiger partial charge in [-0.2, -0.15) is 5.10 Å². The fourth-order valence-corrected chi connectivity index (χ4v) is 1.72. The smallest absolute Gasteiger partial charge is 0.211 e. The van der Waals surface area contributed by atoms with Crippen LogP contribution >= 0.6 is 12.4 Å². The molecule has 2 aromatic carbocycles. The van der Waals surface area contributed by atoms with Crippen molar-refractivity contribution >= 4 is 24.1 Å². The molecule has 4 N–H and O–H groups in total. The van der Waals surface area contributed by atoms with Crippen LogP contribution in [0.15, 0.2) is 64.8 Å². The molecule has 2 aromatic rings. The van der Waals surface area contributed by atoms with E-state index in [1.54, 1.807) is 0 Å². The van der Waals surface area contributed by atoms with E-state index in [0.29, 0.717) is 0 Å². The van der Waals surface area contributed by atoms with Crippen LogP contribution in [0, 0.1) is 0 Å². The highest BCUT2D eigenvalue weighted by Crippen LogP contribution is 2.19. The molecule has 4 nitrogen and oxygen atoms in total. The number of hydrogen-bond donors (Lipinski definition) is 2. The summed E-state index contributed by atoms with van der Waals surface area (Å²) in [6, 6.07) is 18.3. The second-order valence-electron chi connectivity index (χ2n) is 4.15. The van der Waals surface area contributed by atoms with Gasteiger partial charge in [0, 0.05) is 0 Å². The Balaban J connectivity index is 0.00000200. The van der Waals surface area contributed by atoms with E-state index in [2.05, 4.69) is 34.5 Å². The molecular formula is C15H17ClN4. The fraction of sp³-hybridized carbons (Fsp3) is 0.0667. The van der Waals surface area contributed by atoms with Crippen molar-refractivity contribution in [3.63, 3.8) is 0 Å². The fourth-order valence-electron chi connectivity index (χ4n) is 1.72. The Labute approximate surface area is 124 Å². The first-order valence-electron chi connectivity index (χ1n) is 5.96. The summed E-state index contributed by atoms with van der Waals surface area (Å²) in [5.41, 5.74) is 14.6. The van der Waals surface area contributed by atoms with Crippen molar-refractivity contribution in [2.24, 2.45) is 21.7 Å². The van der Waals surface area contributed by atoms with Gasteiger partial charge in [-0.1, -0.05) is 54.6 Å². The molecule has 0 amide bonds. The summed E-state index contributed by atoms with van der Waals surface area (Å²) >= 11 is 0. The van der Waals surface area contributed by atoms with E-state index in [4.69, 9.17) is 11.5 Å². The predicted molar refractivity (Wildman–Crippen MR) is 87.1 cm³/mol. The number of guanidine groups is 1. The van der Waals surface area contributed by atoms with E-state index in [-0.39, 0.29) is 18.4 Å². The van der Waals surface area contributed by atoms with Crippen molar-refractivity contribution in [1.29, 1.82) is 0 Å². The van der Waals surface area contributed by atoms with Crippen LogP contribution in [-0.4, -0.2) is 11.7 Å². The van der Waals surface area contributed by atoms with Gasteiger partial charge in [0.05, 0.1) is 5.71 Å². The average Bonchev–Trinajstić information content (AvgIpc) is 2.46. The monoisotopic (exact) mass is 288 g/mol. The lowest BCUT2D eigenvalue weighted by Gasteiger charge is -2.03. The lowest BCUT2D eigenvalue weighted by atomic mass is 10.0. The molecule has 0 unspecified atom stereocenters. The molecule has 0 aliphatic rings. The molecule has 0 aliphatic carbocycles. The number of benzene rings is 2. The summed E-state index contributed by atoms with van der Waals surface area (Å²) < 4.78 is 0. The standard InChI is InChI=1S/C15H16N4.ClH/c1-11(18-19-15(16)17)12-7-9-14(10-8-12)13-5-3-2-4-6-13;/h2-10H,1H3,(H4,16,17,19);1H/b18-11+;. The Morgan fingerprint density at radius 3 is 1.90 bits per heavy atom. The number of nitrogens with zero attached hydrogens (tertiary/aromatic N) is 2. The van der Waals surface area contributed by atoms with Crippen molar-refractivity contribution in [2.75, 3.05) is 0 Å². The van der Waals surface area contributed by atoms with Gasteiger partial charge < -0.3 is 11.5 Å². The second-order valence-corrected chi connectivity index (χ2v) is 4.15. The SMILES string of the molecule is C/C(=N\N=C(N)N)c1ccc(-c2ccccc2)cc1.Cl. The maximum Gasteiger partial charge on any atom is 0.211 e. The Morgan fingerprint density at radius 1 is 0.800 bits per heavy atom. The molecule has 0 saturated heterocycles. The Bertz CT molecular complexity index is 600. The molecule has 104 valence electrons. The normalized spacial score (nSPS) is 10.6. The molecule has 0 fully saturated rings. The summed E-state index contributed by atoms with van der Waals surface area (Å²) in [5, 5.41) is 7.59. The minimum absolute atomic E-state index is 0. The van der Waals surface area contributed by atoms with Crippen LogP contribution in [-0.2, 0) is 0 Å². The van der Waals surface area contributed by atoms with Gasteiger partial charge in [0.25, 0.3) is 0 Å². The van der Waals surface area contributed by atoms with Crippen molar-refractivity contribution in [1.82, 2.24) is 0 Å². The first kappa shape index (κ1) is 15.7. The molecule has 0 heterocycles. The molecule has 0 bridgehead atoms. The quantitative estimate of drug-likeness (QED) is 0.517. The van der Waals surface area contributed by atoms with Gasteiger partial charge >= 0.3 is 0 Å². The summed E-state index contributed by atoms with van der Waals surface area (Å²) in [5.74, 6) is -0.0414. The van der Waals surface area contributed by atoms with Crippen LogP contribution in [0.1, 0.15) is 12.5 Å². The van der Waals surface area contributed by atoms with Crippen LogP contribution in [0.4, 0.5) is 0 Å².